The molecule has 7 heteroatoms. The molecule has 1 aromatic carbocycles. The highest BCUT2D eigenvalue weighted by Gasteiger charge is 2.26. The van der Waals surface area contributed by atoms with Gasteiger partial charge < -0.3 is 14.9 Å². The molecule has 20 heavy (non-hydrogen) atoms. The summed E-state index contributed by atoms with van der Waals surface area (Å²) in [4.78, 5) is 14.4. The van der Waals surface area contributed by atoms with Gasteiger partial charge in [0, 0.05) is 18.4 Å². The predicted molar refractivity (Wildman–Crippen MR) is 78.3 cm³/mol. The monoisotopic (exact) mass is 339 g/mol. The fourth-order valence-corrected chi connectivity index (χ4v) is 2.11. The fraction of sp³-hybridized carbons (Fsp3) is 0.308. The molecule has 0 N–H and O–H groups in total. The van der Waals surface area contributed by atoms with E-state index in [4.69, 9.17) is 4.74 Å². The maximum absolute atomic E-state index is 11.0. The Morgan fingerprint density at radius 2 is 1.85 bits per heavy atom. The fourth-order valence-electron chi connectivity index (χ4n) is 1.88. The normalized spacial score (nSPS) is 10.7. The molecule has 0 saturated carbocycles. The first kappa shape index (κ1) is 14.5. The number of aromatic nitrogens is 2. The van der Waals surface area contributed by atoms with Crippen LogP contribution in [-0.2, 0) is 7.05 Å². The molecule has 6 nitrogen and oxygen atoms in total. The van der Waals surface area contributed by atoms with E-state index in [1.54, 1.807) is 18.5 Å². The zero-order valence-electron chi connectivity index (χ0n) is 11.6. The third-order valence-electron chi connectivity index (χ3n) is 3.05. The molecule has 0 unspecified atom stereocenters. The van der Waals surface area contributed by atoms with Crippen molar-refractivity contribution in [1.29, 1.82) is 0 Å². The summed E-state index contributed by atoms with van der Waals surface area (Å²) in [5, 5.41) is 11.0. The second kappa shape index (κ2) is 5.24. The van der Waals surface area contributed by atoms with Crippen molar-refractivity contribution in [3.8, 4) is 11.6 Å². The van der Waals surface area contributed by atoms with Gasteiger partial charge in [0.1, 0.15) is 5.75 Å². The van der Waals surface area contributed by atoms with Crippen molar-refractivity contribution in [2.45, 2.75) is 20.8 Å². The minimum absolute atomic E-state index is 0.133. The topological polar surface area (TPSA) is 70.2 Å². The number of hydrogen-bond donors (Lipinski definition) is 0. The number of hydrogen-bond acceptors (Lipinski definition) is 4. The van der Waals surface area contributed by atoms with Crippen LogP contribution in [-0.4, -0.2) is 14.5 Å². The van der Waals surface area contributed by atoms with Gasteiger partial charge in [0.05, 0.1) is 0 Å². The Kier molecular flexibility index (Phi) is 3.80. The smallest absolute Gasteiger partial charge is 0.427 e. The van der Waals surface area contributed by atoms with E-state index in [9.17, 15) is 10.1 Å². The van der Waals surface area contributed by atoms with Gasteiger partial charge in [-0.05, 0) is 47.0 Å². The summed E-state index contributed by atoms with van der Waals surface area (Å²) in [6, 6.07) is 3.65. The molecule has 2 aromatic rings. The van der Waals surface area contributed by atoms with Crippen molar-refractivity contribution in [2.75, 3.05) is 0 Å². The van der Waals surface area contributed by atoms with Gasteiger partial charge in [-0.3, -0.25) is 4.57 Å². The van der Waals surface area contributed by atoms with Crippen molar-refractivity contribution in [1.82, 2.24) is 9.55 Å². The van der Waals surface area contributed by atoms with Crippen LogP contribution < -0.4 is 4.74 Å². The minimum atomic E-state index is -0.541. The number of halogens is 1. The third-order valence-corrected chi connectivity index (χ3v) is 4.30. The molecule has 1 aromatic heterocycles. The summed E-state index contributed by atoms with van der Waals surface area (Å²) in [6.07, 6.45) is 0. The maximum atomic E-state index is 11.0. The Hall–Kier alpha value is -1.89. The highest BCUT2D eigenvalue weighted by Crippen LogP contribution is 2.34. The average Bonchev–Trinajstić information content (AvgIpc) is 2.64. The van der Waals surface area contributed by atoms with Crippen molar-refractivity contribution < 1.29 is 9.66 Å². The Labute approximate surface area is 124 Å². The largest absolute Gasteiger partial charge is 0.434 e. The van der Waals surface area contributed by atoms with Crippen LogP contribution in [0.5, 0.6) is 11.6 Å². The lowest BCUT2D eigenvalue weighted by Gasteiger charge is -2.09. The lowest BCUT2D eigenvalue weighted by Crippen LogP contribution is -1.98. The SMILES string of the molecule is Cc1cc(Oc2c([N+](=O)[O-])nc(C)n2C)cc(C)c1Br. The molecule has 2 rings (SSSR count). The zero-order chi connectivity index (χ0) is 15.0. The molecule has 0 atom stereocenters. The second-order valence-electron chi connectivity index (χ2n) is 4.58. The van der Waals surface area contributed by atoms with Gasteiger partial charge in [0.2, 0.25) is 5.82 Å². The molecule has 0 aliphatic rings. The number of nitro groups is 1. The van der Waals surface area contributed by atoms with E-state index < -0.39 is 4.92 Å². The molecule has 0 bridgehead atoms. The van der Waals surface area contributed by atoms with Crippen LogP contribution in [0.25, 0.3) is 0 Å². The van der Waals surface area contributed by atoms with Crippen LogP contribution in [0.4, 0.5) is 5.82 Å². The number of benzene rings is 1. The lowest BCUT2D eigenvalue weighted by molar-refractivity contribution is -0.390. The Morgan fingerprint density at radius 1 is 1.30 bits per heavy atom. The number of nitrogens with zero attached hydrogens (tertiary/aromatic N) is 3. The van der Waals surface area contributed by atoms with Gasteiger partial charge in [0.15, 0.2) is 0 Å². The van der Waals surface area contributed by atoms with Gasteiger partial charge in [-0.2, -0.15) is 0 Å². The molecule has 0 amide bonds. The third kappa shape index (κ3) is 2.53. The summed E-state index contributed by atoms with van der Waals surface area (Å²) in [5.74, 6) is 0.934. The van der Waals surface area contributed by atoms with Gasteiger partial charge in [-0.15, -0.1) is 0 Å². The van der Waals surface area contributed by atoms with Crippen LogP contribution in [0.15, 0.2) is 16.6 Å². The maximum Gasteiger partial charge on any atom is 0.427 e. The van der Waals surface area contributed by atoms with Crippen molar-refractivity contribution in [3.05, 3.63) is 43.7 Å². The van der Waals surface area contributed by atoms with Gasteiger partial charge in [-0.1, -0.05) is 15.9 Å². The Balaban J connectivity index is 2.47. The van der Waals surface area contributed by atoms with Crippen LogP contribution in [0.1, 0.15) is 17.0 Å². The number of aryl methyl sites for hydroxylation is 3. The highest BCUT2D eigenvalue weighted by atomic mass is 79.9. The molecule has 0 fully saturated rings. The van der Waals surface area contributed by atoms with Crippen LogP contribution in [0.3, 0.4) is 0 Å². The molecule has 106 valence electrons. The average molecular weight is 340 g/mol. The van der Waals surface area contributed by atoms with Gasteiger partial charge in [0.25, 0.3) is 0 Å². The van der Waals surface area contributed by atoms with Crippen molar-refractivity contribution in [3.63, 3.8) is 0 Å². The van der Waals surface area contributed by atoms with E-state index in [0.717, 1.165) is 15.6 Å². The van der Waals surface area contributed by atoms with E-state index in [-0.39, 0.29) is 11.7 Å². The molecule has 0 radical (unpaired) electrons. The number of ether oxygens (including phenoxy) is 1. The standard InChI is InChI=1S/C13H14BrN3O3/c1-7-5-10(6-8(2)11(7)14)20-13-12(17(18)19)15-9(3)16(13)4/h5-6H,1-4H3. The van der Waals surface area contributed by atoms with Crippen LogP contribution in [0.2, 0.25) is 0 Å². The second-order valence-corrected chi connectivity index (χ2v) is 5.37. The van der Waals surface area contributed by atoms with E-state index in [1.165, 1.54) is 0 Å². The molecule has 0 saturated heterocycles. The van der Waals surface area contributed by atoms with Crippen LogP contribution in [0, 0.1) is 30.9 Å². The van der Waals surface area contributed by atoms with Crippen molar-refractivity contribution in [2.24, 2.45) is 7.05 Å². The molecule has 0 spiro atoms. The summed E-state index contributed by atoms with van der Waals surface area (Å²) < 4.78 is 8.24. The number of imidazole rings is 1. The Bertz CT molecular complexity index is 671. The molecule has 1 heterocycles. The van der Waals surface area contributed by atoms with E-state index in [2.05, 4.69) is 20.9 Å². The lowest BCUT2D eigenvalue weighted by atomic mass is 10.1. The van der Waals surface area contributed by atoms with E-state index in [1.807, 2.05) is 26.0 Å². The quantitative estimate of drug-likeness (QED) is 0.629. The van der Waals surface area contributed by atoms with Gasteiger partial charge >= 0.3 is 11.7 Å². The summed E-state index contributed by atoms with van der Waals surface area (Å²) in [6.45, 7) is 5.57. The summed E-state index contributed by atoms with van der Waals surface area (Å²) in [5.41, 5.74) is 2.00. The number of rotatable bonds is 3. The van der Waals surface area contributed by atoms with Gasteiger partial charge in [-0.25, -0.2) is 0 Å². The molecule has 0 aliphatic carbocycles. The molecule has 0 aliphatic heterocycles. The van der Waals surface area contributed by atoms with E-state index in [0.29, 0.717) is 11.6 Å². The Morgan fingerprint density at radius 3 is 2.35 bits per heavy atom. The van der Waals surface area contributed by atoms with Crippen molar-refractivity contribution >= 4 is 21.7 Å². The van der Waals surface area contributed by atoms with Crippen LogP contribution >= 0.6 is 15.9 Å². The first-order valence-corrected chi connectivity index (χ1v) is 6.73. The first-order chi connectivity index (χ1) is 9.31. The zero-order valence-corrected chi connectivity index (χ0v) is 13.2. The molecular formula is C13H14BrN3O3. The first-order valence-electron chi connectivity index (χ1n) is 5.93. The summed E-state index contributed by atoms with van der Waals surface area (Å²) >= 11 is 3.47. The summed E-state index contributed by atoms with van der Waals surface area (Å²) in [7, 11) is 1.68. The van der Waals surface area contributed by atoms with E-state index >= 15 is 0 Å². The highest BCUT2D eigenvalue weighted by molar-refractivity contribution is 9.10. The predicted octanol–water partition coefficient (Wildman–Crippen LogP) is 3.81. The molecular weight excluding hydrogens is 326 g/mol. The minimum Gasteiger partial charge on any atom is -0.434 e.